The fraction of sp³-hybridized carbons (Fsp3) is 0.560. The number of hydrogen-bond donors (Lipinski definition) is 0. The number of hydrogen-bond acceptors (Lipinski definition) is 6. The van der Waals surface area contributed by atoms with E-state index in [1.165, 1.54) is 51.4 Å². The Morgan fingerprint density at radius 3 is 0.802 bits per heavy atom. The van der Waals surface area contributed by atoms with Gasteiger partial charge in [-0.15, -0.1) is 0 Å². The average Bonchev–Trinajstić information content (AvgIpc) is 3.47. The number of rotatable bonds is 56. The summed E-state index contributed by atoms with van der Waals surface area (Å²) in [6, 6.07) is 0. The van der Waals surface area contributed by atoms with Crippen molar-refractivity contribution in [3.8, 4) is 0 Å². The van der Waals surface area contributed by atoms with Crippen LogP contribution >= 0.6 is 0 Å². The molecule has 0 saturated heterocycles. The number of esters is 3. The summed E-state index contributed by atoms with van der Waals surface area (Å²) in [5.41, 5.74) is 0. The summed E-state index contributed by atoms with van der Waals surface area (Å²) in [4.78, 5) is 38.2. The van der Waals surface area contributed by atoms with E-state index in [-0.39, 0.29) is 44.0 Å². The van der Waals surface area contributed by atoms with E-state index >= 15 is 0 Å². The second-order valence-electron chi connectivity index (χ2n) is 20.6. The summed E-state index contributed by atoms with van der Waals surface area (Å²) in [5, 5.41) is 0. The van der Waals surface area contributed by atoms with Crippen LogP contribution in [0.4, 0.5) is 0 Å². The van der Waals surface area contributed by atoms with Gasteiger partial charge in [0.2, 0.25) is 0 Å². The molecule has 0 radical (unpaired) electrons. The van der Waals surface area contributed by atoms with Gasteiger partial charge in [0.25, 0.3) is 0 Å². The Bertz CT molecular complexity index is 1900. The highest BCUT2D eigenvalue weighted by Gasteiger charge is 2.19. The molecular formula is C75H116O6. The van der Waals surface area contributed by atoms with Crippen LogP contribution in [0.1, 0.15) is 252 Å². The molecule has 0 aromatic heterocycles. The molecular weight excluding hydrogens is 997 g/mol. The first-order chi connectivity index (χ1) is 40.0. The number of unbranched alkanes of at least 4 members (excludes halogenated alkanes) is 15. The minimum absolute atomic E-state index is 0.114. The molecule has 81 heavy (non-hydrogen) atoms. The van der Waals surface area contributed by atoms with Crippen LogP contribution in [-0.2, 0) is 28.6 Å². The summed E-state index contributed by atoms with van der Waals surface area (Å²) < 4.78 is 16.8. The third-order valence-electron chi connectivity index (χ3n) is 12.9. The van der Waals surface area contributed by atoms with Crippen molar-refractivity contribution in [2.75, 3.05) is 13.2 Å². The molecule has 0 rings (SSSR count). The summed E-state index contributed by atoms with van der Waals surface area (Å²) >= 11 is 0. The van der Waals surface area contributed by atoms with E-state index < -0.39 is 6.10 Å². The summed E-state index contributed by atoms with van der Waals surface area (Å²) in [6.45, 7) is 6.32. The maximum Gasteiger partial charge on any atom is 0.306 e. The first kappa shape index (κ1) is 75.5. The van der Waals surface area contributed by atoms with Gasteiger partial charge in [0.1, 0.15) is 13.2 Å². The van der Waals surface area contributed by atoms with Gasteiger partial charge >= 0.3 is 17.9 Å². The normalized spacial score (nSPS) is 13.4. The summed E-state index contributed by atoms with van der Waals surface area (Å²) in [6.07, 6.45) is 100. The fourth-order valence-corrected chi connectivity index (χ4v) is 8.15. The van der Waals surface area contributed by atoms with Crippen molar-refractivity contribution in [1.82, 2.24) is 0 Å². The second kappa shape index (κ2) is 67.0. The van der Waals surface area contributed by atoms with Crippen LogP contribution in [0.5, 0.6) is 0 Å². The van der Waals surface area contributed by atoms with Crippen LogP contribution in [0.2, 0.25) is 0 Å². The minimum atomic E-state index is -0.825. The standard InChI is InChI=1S/C75H116O6/c1-4-7-10-13-16-19-22-24-26-28-30-32-34-35-36-37-38-39-41-42-44-46-48-50-53-56-59-62-65-68-74(77)80-71-72(70-79-73(76)67-64-61-58-55-52-21-18-15-12-9-6-3)81-75(78)69-66-63-60-57-54-51-49-47-45-43-40-33-31-29-27-25-23-20-17-14-11-8-5-2/h7-8,10-11,16-17,19-20,24-27,30-33,35-36,38-39,42-45,48-51,56,59,72H,4-6,9,12-15,18,21-23,28-29,34,37,40-41,46-47,52-55,57-58,60-71H2,1-3H3/b10-7-,11-8-,19-16-,20-17-,26-24-,27-25-,32-30-,33-31-,36-35-,39-38-,44-42-,45-43-,50-48-,51-49-,59-56-. The van der Waals surface area contributed by atoms with Gasteiger partial charge in [-0.05, 0) is 135 Å². The molecule has 6 nitrogen and oxygen atoms in total. The lowest BCUT2D eigenvalue weighted by Crippen LogP contribution is -2.30. The Hall–Kier alpha value is -5.49. The number of ether oxygens (including phenoxy) is 3. The molecule has 6 heteroatoms. The van der Waals surface area contributed by atoms with Gasteiger partial charge in [0.15, 0.2) is 6.10 Å². The van der Waals surface area contributed by atoms with Crippen LogP contribution in [-0.4, -0.2) is 37.2 Å². The highest BCUT2D eigenvalue weighted by Crippen LogP contribution is 2.14. The van der Waals surface area contributed by atoms with Crippen LogP contribution in [0.25, 0.3) is 0 Å². The zero-order chi connectivity index (χ0) is 58.5. The van der Waals surface area contributed by atoms with Gasteiger partial charge in [-0.1, -0.05) is 280 Å². The molecule has 0 aromatic rings. The van der Waals surface area contributed by atoms with Gasteiger partial charge in [0, 0.05) is 19.3 Å². The quantitative estimate of drug-likeness (QED) is 0.0261. The summed E-state index contributed by atoms with van der Waals surface area (Å²) in [5.74, 6) is -1.01. The van der Waals surface area contributed by atoms with Crippen molar-refractivity contribution in [3.63, 3.8) is 0 Å². The molecule has 0 aliphatic rings. The Kier molecular flexibility index (Phi) is 62.5. The molecule has 0 heterocycles. The van der Waals surface area contributed by atoms with Crippen molar-refractivity contribution in [3.05, 3.63) is 182 Å². The van der Waals surface area contributed by atoms with Crippen molar-refractivity contribution in [1.29, 1.82) is 0 Å². The van der Waals surface area contributed by atoms with Gasteiger partial charge in [-0.3, -0.25) is 14.4 Å². The van der Waals surface area contributed by atoms with Crippen LogP contribution in [0.3, 0.4) is 0 Å². The van der Waals surface area contributed by atoms with E-state index in [0.717, 1.165) is 154 Å². The molecule has 1 unspecified atom stereocenters. The zero-order valence-corrected chi connectivity index (χ0v) is 51.7. The minimum Gasteiger partial charge on any atom is -0.462 e. The predicted molar refractivity (Wildman–Crippen MR) is 352 cm³/mol. The van der Waals surface area contributed by atoms with Crippen molar-refractivity contribution in [2.45, 2.75) is 258 Å². The third-order valence-corrected chi connectivity index (χ3v) is 12.9. The zero-order valence-electron chi connectivity index (χ0n) is 51.7. The molecule has 0 aliphatic carbocycles. The largest absolute Gasteiger partial charge is 0.462 e. The molecule has 452 valence electrons. The molecule has 1 atom stereocenters. The van der Waals surface area contributed by atoms with Crippen molar-refractivity contribution in [2.24, 2.45) is 0 Å². The third kappa shape index (κ3) is 65.2. The van der Waals surface area contributed by atoms with Crippen molar-refractivity contribution >= 4 is 17.9 Å². The number of allylic oxidation sites excluding steroid dienone is 30. The highest BCUT2D eigenvalue weighted by molar-refractivity contribution is 5.71. The maximum atomic E-state index is 12.9. The number of carbonyl (C=O) groups is 3. The van der Waals surface area contributed by atoms with E-state index in [2.05, 4.69) is 203 Å². The van der Waals surface area contributed by atoms with Gasteiger partial charge < -0.3 is 14.2 Å². The van der Waals surface area contributed by atoms with Gasteiger partial charge in [0.05, 0.1) is 0 Å². The topological polar surface area (TPSA) is 78.9 Å². The molecule has 0 bridgehead atoms. The molecule has 0 amide bonds. The Morgan fingerprint density at radius 1 is 0.259 bits per heavy atom. The SMILES string of the molecule is CC/C=C\C/C=C\C/C=C\C/C=C\C/C=C\C/C=C\C/C=C\C/C=C\C/C=C\CCCC(=O)OCC(COC(=O)CCCCCCCCCCCCC)OC(=O)CCCCCC/C=C\C/C=C\C/C=C\C/C=C\C/C=C\C/C=C\CC. The summed E-state index contributed by atoms with van der Waals surface area (Å²) in [7, 11) is 0. The fourth-order valence-electron chi connectivity index (χ4n) is 8.15. The lowest BCUT2D eigenvalue weighted by Gasteiger charge is -2.18. The van der Waals surface area contributed by atoms with E-state index in [9.17, 15) is 14.4 Å². The first-order valence-corrected chi connectivity index (χ1v) is 32.3. The lowest BCUT2D eigenvalue weighted by molar-refractivity contribution is -0.167. The predicted octanol–water partition coefficient (Wildman–Crippen LogP) is 22.4. The maximum absolute atomic E-state index is 12.9. The van der Waals surface area contributed by atoms with E-state index in [4.69, 9.17) is 14.2 Å². The van der Waals surface area contributed by atoms with E-state index in [1.54, 1.807) is 0 Å². The second-order valence-corrected chi connectivity index (χ2v) is 20.6. The monoisotopic (exact) mass is 1110 g/mol. The van der Waals surface area contributed by atoms with E-state index in [1.807, 2.05) is 0 Å². The van der Waals surface area contributed by atoms with Crippen LogP contribution in [0, 0.1) is 0 Å². The lowest BCUT2D eigenvalue weighted by atomic mass is 10.1. The molecule has 0 aliphatic heterocycles. The van der Waals surface area contributed by atoms with Gasteiger partial charge in [-0.2, -0.15) is 0 Å². The Labute approximate surface area is 497 Å². The average molecular weight is 1110 g/mol. The molecule has 0 aromatic carbocycles. The molecule has 0 spiro atoms. The van der Waals surface area contributed by atoms with Gasteiger partial charge in [-0.25, -0.2) is 0 Å². The van der Waals surface area contributed by atoms with E-state index in [0.29, 0.717) is 12.8 Å². The number of carbonyl (C=O) groups excluding carboxylic acids is 3. The Morgan fingerprint density at radius 2 is 0.494 bits per heavy atom. The van der Waals surface area contributed by atoms with Crippen molar-refractivity contribution < 1.29 is 28.6 Å². The first-order valence-electron chi connectivity index (χ1n) is 32.3. The van der Waals surface area contributed by atoms with Crippen LogP contribution in [0.15, 0.2) is 182 Å². The van der Waals surface area contributed by atoms with Crippen LogP contribution < -0.4 is 0 Å². The molecule has 0 N–H and O–H groups in total. The highest BCUT2D eigenvalue weighted by atomic mass is 16.6. The Balaban J connectivity index is 4.49. The molecule has 0 fully saturated rings. The molecule has 0 saturated carbocycles. The smallest absolute Gasteiger partial charge is 0.306 e.